The Morgan fingerprint density at radius 2 is 0.962 bits per heavy atom. The zero-order valence-corrected chi connectivity index (χ0v) is 16.1. The lowest BCUT2D eigenvalue weighted by molar-refractivity contribution is -0.202. The summed E-state index contributed by atoms with van der Waals surface area (Å²) in [7, 11) is 1.52. The summed E-state index contributed by atoms with van der Waals surface area (Å²) in [5.74, 6) is -2.81. The fourth-order valence-electron chi connectivity index (χ4n) is 0.333. The number of ether oxygens (including phenoxy) is 2. The maximum Gasteiger partial charge on any atom is 0.330 e. The van der Waals surface area contributed by atoms with Crippen LogP contribution >= 0.6 is 0 Å². The number of methoxy groups -OCH3 is 1. The van der Waals surface area contributed by atoms with Crippen molar-refractivity contribution >= 4 is 17.9 Å². The minimum atomic E-state index is -0.935. The van der Waals surface area contributed by atoms with Gasteiger partial charge >= 0.3 is 17.9 Å². The molecule has 0 heterocycles. The highest BCUT2D eigenvalue weighted by molar-refractivity contribution is 5.85. The van der Waals surface area contributed by atoms with Crippen LogP contribution in [0.4, 0.5) is 0 Å². The molecular weight excluding hydrogens is 348 g/mol. The van der Waals surface area contributed by atoms with Crippen molar-refractivity contribution in [1.82, 2.24) is 0 Å². The summed E-state index contributed by atoms with van der Waals surface area (Å²) in [5, 5.41) is 32.2. The summed E-state index contributed by atoms with van der Waals surface area (Å²) in [5.41, 5.74) is 0.528. The largest absolute Gasteiger partial charge is 0.478 e. The Hall–Kier alpha value is -2.49. The number of carboxylic acids is 3. The molecule has 152 valence electrons. The monoisotopic (exact) mass is 378 g/mol. The Morgan fingerprint density at radius 3 is 1.00 bits per heavy atom. The zero-order chi connectivity index (χ0) is 22.0. The first-order chi connectivity index (χ1) is 11.6. The second-order valence-corrected chi connectivity index (χ2v) is 4.80. The molecule has 0 aromatic heterocycles. The van der Waals surface area contributed by atoms with Gasteiger partial charge in [0.2, 0.25) is 0 Å². The van der Waals surface area contributed by atoms with Crippen LogP contribution in [0.5, 0.6) is 0 Å². The lowest BCUT2D eigenvalue weighted by atomic mass is 10.4. The highest BCUT2D eigenvalue weighted by atomic mass is 16.7. The number of carboxylic acid groups (broad SMARTS) is 3. The van der Waals surface area contributed by atoms with Crippen LogP contribution in [-0.4, -0.2) is 58.0 Å². The average molecular weight is 378 g/mol. The molecule has 0 saturated heterocycles. The fraction of sp³-hybridized carbons (Fsp3) is 0.471. The van der Waals surface area contributed by atoms with Gasteiger partial charge in [0, 0.05) is 23.8 Å². The lowest BCUT2D eigenvalue weighted by Crippen LogP contribution is -2.17. The molecule has 0 aliphatic rings. The maximum absolute atomic E-state index is 9.60. The highest BCUT2D eigenvalue weighted by Gasteiger charge is 2.00. The Morgan fingerprint density at radius 1 is 0.769 bits per heavy atom. The van der Waals surface area contributed by atoms with Gasteiger partial charge < -0.3 is 29.9 Å². The van der Waals surface area contributed by atoms with Crippen LogP contribution in [0.1, 0.15) is 34.6 Å². The summed E-state index contributed by atoms with van der Waals surface area (Å²) in [6.45, 7) is 17.1. The lowest BCUT2D eigenvalue weighted by Gasteiger charge is -2.12. The standard InChI is InChI=1S/C5H12O3.3C4H6O2/c1-4(6)8-5(2)7-3;3*1-3(2)4(5)6/h4-6H,1-3H3;3*1H2,2H3,(H,5,6). The van der Waals surface area contributed by atoms with E-state index in [4.69, 9.17) is 25.2 Å². The number of carbonyl (C=O) groups is 3. The van der Waals surface area contributed by atoms with E-state index in [0.717, 1.165) is 0 Å². The first kappa shape index (κ1) is 31.3. The van der Waals surface area contributed by atoms with Crippen molar-refractivity contribution in [3.63, 3.8) is 0 Å². The van der Waals surface area contributed by atoms with Gasteiger partial charge in [0.1, 0.15) is 0 Å². The Balaban J connectivity index is -0.000000125. The Labute approximate surface area is 153 Å². The van der Waals surface area contributed by atoms with Crippen LogP contribution in [0, 0.1) is 0 Å². The molecule has 2 atom stereocenters. The van der Waals surface area contributed by atoms with Crippen molar-refractivity contribution in [3.8, 4) is 0 Å². The van der Waals surface area contributed by atoms with E-state index in [2.05, 4.69) is 24.5 Å². The van der Waals surface area contributed by atoms with E-state index < -0.39 is 24.2 Å². The van der Waals surface area contributed by atoms with Crippen LogP contribution in [0.25, 0.3) is 0 Å². The van der Waals surface area contributed by atoms with Gasteiger partial charge in [-0.05, 0) is 34.6 Å². The molecule has 0 radical (unpaired) electrons. The maximum atomic E-state index is 9.60. The Kier molecular flexibility index (Phi) is 22.7. The number of aliphatic hydroxyl groups is 1. The number of aliphatic carboxylic acids is 3. The second kappa shape index (κ2) is 18.8. The van der Waals surface area contributed by atoms with E-state index in [-0.39, 0.29) is 23.0 Å². The molecule has 2 unspecified atom stereocenters. The van der Waals surface area contributed by atoms with Crippen LogP contribution in [0.2, 0.25) is 0 Å². The smallest absolute Gasteiger partial charge is 0.330 e. The summed E-state index contributed by atoms with van der Waals surface area (Å²) >= 11 is 0. The molecule has 0 bridgehead atoms. The van der Waals surface area contributed by atoms with Crippen molar-refractivity contribution in [2.75, 3.05) is 7.11 Å². The van der Waals surface area contributed by atoms with Crippen molar-refractivity contribution in [2.24, 2.45) is 0 Å². The molecule has 0 saturated carbocycles. The third kappa shape index (κ3) is 37.6. The summed E-state index contributed by atoms with van der Waals surface area (Å²) < 4.78 is 9.41. The van der Waals surface area contributed by atoms with Gasteiger partial charge in [-0.3, -0.25) is 0 Å². The molecule has 0 aliphatic heterocycles. The molecule has 0 spiro atoms. The van der Waals surface area contributed by atoms with Gasteiger partial charge in [0.05, 0.1) is 0 Å². The van der Waals surface area contributed by atoms with E-state index in [1.165, 1.54) is 34.8 Å². The third-order valence-electron chi connectivity index (χ3n) is 1.82. The van der Waals surface area contributed by atoms with E-state index >= 15 is 0 Å². The number of hydrogen-bond donors (Lipinski definition) is 4. The van der Waals surface area contributed by atoms with Crippen LogP contribution < -0.4 is 0 Å². The fourth-order valence-corrected chi connectivity index (χ4v) is 0.333. The normalized spacial score (nSPS) is 10.7. The minimum absolute atomic E-state index is 0.176. The van der Waals surface area contributed by atoms with Gasteiger partial charge in [-0.2, -0.15) is 0 Å². The molecule has 9 nitrogen and oxygen atoms in total. The van der Waals surface area contributed by atoms with Crippen molar-refractivity contribution < 1.29 is 44.3 Å². The molecule has 26 heavy (non-hydrogen) atoms. The quantitative estimate of drug-likeness (QED) is 0.403. The molecule has 0 rings (SSSR count). The molecule has 0 amide bonds. The Bertz CT molecular complexity index is 386. The van der Waals surface area contributed by atoms with Crippen molar-refractivity contribution in [1.29, 1.82) is 0 Å². The highest BCUT2D eigenvalue weighted by Crippen LogP contribution is 1.93. The van der Waals surface area contributed by atoms with Gasteiger partial charge in [-0.25, -0.2) is 14.4 Å². The van der Waals surface area contributed by atoms with Crippen LogP contribution in [0.15, 0.2) is 36.5 Å². The molecule has 0 aromatic rings. The van der Waals surface area contributed by atoms with Crippen molar-refractivity contribution in [3.05, 3.63) is 36.5 Å². The van der Waals surface area contributed by atoms with Gasteiger partial charge in [0.25, 0.3) is 0 Å². The van der Waals surface area contributed by atoms with Gasteiger partial charge in [-0.1, -0.05) is 19.7 Å². The van der Waals surface area contributed by atoms with E-state index in [0.29, 0.717) is 0 Å². The average Bonchev–Trinajstić information content (AvgIpc) is 2.47. The molecule has 0 aliphatic carbocycles. The van der Waals surface area contributed by atoms with E-state index in [9.17, 15) is 14.4 Å². The summed E-state index contributed by atoms with van der Waals surface area (Å²) in [6.07, 6.45) is -1.07. The first-order valence-corrected chi connectivity index (χ1v) is 7.12. The van der Waals surface area contributed by atoms with Crippen LogP contribution in [0.3, 0.4) is 0 Å². The third-order valence-corrected chi connectivity index (χ3v) is 1.82. The SMILES string of the molecule is C=C(C)C(=O)O.C=C(C)C(=O)O.C=C(C)C(=O)O.COC(C)OC(C)O. The number of hydrogen-bond acceptors (Lipinski definition) is 6. The van der Waals surface area contributed by atoms with Crippen molar-refractivity contribution in [2.45, 2.75) is 47.2 Å². The van der Waals surface area contributed by atoms with E-state index in [1.807, 2.05) is 0 Å². The topological polar surface area (TPSA) is 151 Å². The molecule has 0 aromatic carbocycles. The minimum Gasteiger partial charge on any atom is -0.478 e. The van der Waals surface area contributed by atoms with E-state index in [1.54, 1.807) is 6.92 Å². The zero-order valence-electron chi connectivity index (χ0n) is 16.1. The molecular formula is C17H30O9. The number of aliphatic hydroxyl groups excluding tert-OH is 1. The molecule has 9 heteroatoms. The number of rotatable bonds is 6. The molecule has 0 fully saturated rings. The summed E-state index contributed by atoms with van der Waals surface area (Å²) in [6, 6.07) is 0. The predicted molar refractivity (Wildman–Crippen MR) is 96.6 cm³/mol. The van der Waals surface area contributed by atoms with Gasteiger partial charge in [-0.15, -0.1) is 0 Å². The predicted octanol–water partition coefficient (Wildman–Crippen LogP) is 2.28. The summed E-state index contributed by atoms with van der Waals surface area (Å²) in [4.78, 5) is 28.8. The molecule has 4 N–H and O–H groups in total. The first-order valence-electron chi connectivity index (χ1n) is 7.12. The van der Waals surface area contributed by atoms with Crippen LogP contribution in [-0.2, 0) is 23.9 Å². The second-order valence-electron chi connectivity index (χ2n) is 4.80. The van der Waals surface area contributed by atoms with Gasteiger partial charge in [0.15, 0.2) is 12.6 Å².